The Labute approximate surface area is 203 Å². The third-order valence-electron chi connectivity index (χ3n) is 5.73. The lowest BCUT2D eigenvalue weighted by Gasteiger charge is -2.16. The zero-order valence-electron chi connectivity index (χ0n) is 19.5. The summed E-state index contributed by atoms with van der Waals surface area (Å²) in [5.41, 5.74) is 3.94. The minimum atomic E-state index is -1.25. The third kappa shape index (κ3) is 5.79. The van der Waals surface area contributed by atoms with Crippen LogP contribution in [0, 0.1) is 0 Å². The summed E-state index contributed by atoms with van der Waals surface area (Å²) in [6.45, 7) is 2.19. The highest BCUT2D eigenvalue weighted by Crippen LogP contribution is 2.33. The molecule has 4 aromatic carbocycles. The molecule has 4 nitrogen and oxygen atoms in total. The Hall–Kier alpha value is -3.28. The Morgan fingerprint density at radius 1 is 0.882 bits per heavy atom. The molecule has 1 atom stereocenters. The first-order chi connectivity index (χ1) is 16.6. The molecule has 1 unspecified atom stereocenters. The van der Waals surface area contributed by atoms with E-state index in [-0.39, 0.29) is 5.97 Å². The van der Waals surface area contributed by atoms with Crippen LogP contribution in [-0.2, 0) is 32.9 Å². The van der Waals surface area contributed by atoms with Crippen molar-refractivity contribution < 1.29 is 18.8 Å². The molecule has 0 aliphatic carbocycles. The van der Waals surface area contributed by atoms with Crippen molar-refractivity contribution in [3.05, 3.63) is 96.1 Å². The summed E-state index contributed by atoms with van der Waals surface area (Å²) in [6.07, 6.45) is 0.893. The van der Waals surface area contributed by atoms with Gasteiger partial charge in [-0.05, 0) is 76.8 Å². The van der Waals surface area contributed by atoms with Crippen molar-refractivity contribution in [2.45, 2.75) is 30.4 Å². The molecule has 0 saturated carbocycles. The molecule has 5 heteroatoms. The lowest BCUT2D eigenvalue weighted by atomic mass is 9.98. The Balaban J connectivity index is 1.67. The van der Waals surface area contributed by atoms with E-state index in [1.165, 1.54) is 0 Å². The van der Waals surface area contributed by atoms with Crippen molar-refractivity contribution in [3.8, 4) is 16.9 Å². The van der Waals surface area contributed by atoms with Crippen LogP contribution in [0.1, 0.15) is 24.5 Å². The van der Waals surface area contributed by atoms with Gasteiger partial charge in [0, 0.05) is 17.5 Å². The van der Waals surface area contributed by atoms with Crippen molar-refractivity contribution in [2.75, 3.05) is 13.7 Å². The van der Waals surface area contributed by atoms with Gasteiger partial charge in [0.25, 0.3) is 0 Å². The zero-order valence-corrected chi connectivity index (χ0v) is 20.3. The van der Waals surface area contributed by atoms with Gasteiger partial charge in [0.1, 0.15) is 11.5 Å². The smallest absolute Gasteiger partial charge is 0.306 e. The molecule has 0 fully saturated rings. The molecule has 0 aromatic heterocycles. The Morgan fingerprint density at radius 3 is 2.35 bits per heavy atom. The summed E-state index contributed by atoms with van der Waals surface area (Å²) >= 11 is -1.25. The van der Waals surface area contributed by atoms with Crippen molar-refractivity contribution in [2.24, 2.45) is 0 Å². The van der Waals surface area contributed by atoms with Crippen LogP contribution in [0.2, 0.25) is 0 Å². The van der Waals surface area contributed by atoms with Crippen molar-refractivity contribution in [1.29, 1.82) is 0 Å². The van der Waals surface area contributed by atoms with E-state index in [1.54, 1.807) is 7.11 Å². The maximum atomic E-state index is 13.5. The first-order valence-electron chi connectivity index (χ1n) is 11.4. The fraction of sp³-hybridized carbons (Fsp3) is 0.207. The first kappa shape index (κ1) is 23.9. The normalized spacial score (nSPS) is 11.9. The van der Waals surface area contributed by atoms with Crippen LogP contribution >= 0.6 is 0 Å². The van der Waals surface area contributed by atoms with Gasteiger partial charge in [-0.3, -0.25) is 4.79 Å². The van der Waals surface area contributed by atoms with E-state index in [9.17, 15) is 9.35 Å². The molecule has 0 amide bonds. The van der Waals surface area contributed by atoms with E-state index in [4.69, 9.17) is 9.47 Å². The highest BCUT2D eigenvalue weighted by Gasteiger charge is 2.20. The summed E-state index contributed by atoms with van der Waals surface area (Å²) in [7, 11) is 1.63. The number of aryl methyl sites for hydroxylation is 1. The van der Waals surface area contributed by atoms with E-state index < -0.39 is 11.2 Å². The molecular formula is C29H28O4S. The second kappa shape index (κ2) is 11.2. The van der Waals surface area contributed by atoms with Gasteiger partial charge in [-0.25, -0.2) is 0 Å². The van der Waals surface area contributed by atoms with Crippen LogP contribution in [0.5, 0.6) is 5.75 Å². The van der Waals surface area contributed by atoms with Crippen LogP contribution in [0.25, 0.3) is 21.9 Å². The number of carbonyl (C=O) groups excluding carboxylic acids is 1. The molecule has 0 bridgehead atoms. The molecule has 4 aromatic rings. The lowest BCUT2D eigenvalue weighted by molar-refractivity contribution is -0.143. The number of ether oxygens (including phenoxy) is 2. The molecule has 4 rings (SSSR count). The molecule has 0 aliphatic heterocycles. The predicted octanol–water partition coefficient (Wildman–Crippen LogP) is 6.32. The molecule has 34 heavy (non-hydrogen) atoms. The van der Waals surface area contributed by atoms with Crippen LogP contribution in [0.3, 0.4) is 0 Å². The minimum Gasteiger partial charge on any atom is -0.611 e. The van der Waals surface area contributed by atoms with Gasteiger partial charge in [-0.1, -0.05) is 54.6 Å². The van der Waals surface area contributed by atoms with Crippen molar-refractivity contribution in [3.63, 3.8) is 0 Å². The van der Waals surface area contributed by atoms with Crippen LogP contribution in [0.15, 0.2) is 89.8 Å². The van der Waals surface area contributed by atoms with E-state index in [1.807, 2.05) is 55.5 Å². The number of carbonyl (C=O) groups is 1. The van der Waals surface area contributed by atoms with E-state index in [0.29, 0.717) is 25.2 Å². The molecule has 174 valence electrons. The molecule has 0 radical (unpaired) electrons. The number of esters is 1. The third-order valence-corrected chi connectivity index (χ3v) is 7.17. The maximum Gasteiger partial charge on any atom is 0.306 e. The van der Waals surface area contributed by atoms with Gasteiger partial charge < -0.3 is 14.0 Å². The second-order valence-electron chi connectivity index (χ2n) is 8.04. The van der Waals surface area contributed by atoms with Crippen molar-refractivity contribution in [1.82, 2.24) is 0 Å². The van der Waals surface area contributed by atoms with Gasteiger partial charge in [-0.15, -0.1) is 0 Å². The number of hydrogen-bond acceptors (Lipinski definition) is 4. The molecule has 0 N–H and O–H groups in total. The Morgan fingerprint density at radius 2 is 1.62 bits per heavy atom. The molecule has 0 heterocycles. The van der Waals surface area contributed by atoms with Crippen LogP contribution in [-0.4, -0.2) is 24.2 Å². The largest absolute Gasteiger partial charge is 0.611 e. The quantitative estimate of drug-likeness (QED) is 0.211. The van der Waals surface area contributed by atoms with Crippen LogP contribution < -0.4 is 4.74 Å². The number of benzene rings is 4. The summed E-state index contributed by atoms with van der Waals surface area (Å²) < 4.78 is 23.8. The summed E-state index contributed by atoms with van der Waals surface area (Å²) in [5, 5.41) is 2.29. The van der Waals surface area contributed by atoms with E-state index in [2.05, 4.69) is 36.4 Å². The SMILES string of the molecule is CCOC(=O)CCc1ccc([S+]([O-])Cc2ccc(OC)cc2)c(-c2ccc3ccccc3c2)c1. The summed E-state index contributed by atoms with van der Waals surface area (Å²) in [6, 6.07) is 28.1. The average Bonchev–Trinajstić information content (AvgIpc) is 2.87. The molecule has 0 spiro atoms. The first-order valence-corrected chi connectivity index (χ1v) is 12.7. The molecular weight excluding hydrogens is 444 g/mol. The van der Waals surface area contributed by atoms with Gasteiger partial charge in [0.15, 0.2) is 4.90 Å². The minimum absolute atomic E-state index is 0.207. The zero-order chi connectivity index (χ0) is 23.9. The predicted molar refractivity (Wildman–Crippen MR) is 137 cm³/mol. The number of hydrogen-bond donors (Lipinski definition) is 0. The summed E-state index contributed by atoms with van der Waals surface area (Å²) in [4.78, 5) is 12.6. The van der Waals surface area contributed by atoms with Gasteiger partial charge in [-0.2, -0.15) is 0 Å². The topological polar surface area (TPSA) is 58.6 Å². The van der Waals surface area contributed by atoms with Crippen LogP contribution in [0.4, 0.5) is 0 Å². The Kier molecular flexibility index (Phi) is 7.88. The maximum absolute atomic E-state index is 13.5. The van der Waals surface area contributed by atoms with E-state index in [0.717, 1.165) is 43.7 Å². The highest BCUT2D eigenvalue weighted by molar-refractivity contribution is 7.90. The highest BCUT2D eigenvalue weighted by atomic mass is 32.2. The fourth-order valence-corrected chi connectivity index (χ4v) is 5.24. The van der Waals surface area contributed by atoms with Gasteiger partial charge in [0.05, 0.1) is 13.7 Å². The number of fused-ring (bicyclic) bond motifs is 1. The van der Waals surface area contributed by atoms with E-state index >= 15 is 0 Å². The standard InChI is InChI=1S/C29H28O4S/c1-3-33-29(30)17-11-21-10-16-28(34(31)20-22-8-14-26(32-2)15-9-22)27(18-21)25-13-12-23-6-4-5-7-24(23)19-25/h4-10,12-16,18-19H,3,11,17,20H2,1-2H3. The van der Waals surface area contributed by atoms with Gasteiger partial charge in [0.2, 0.25) is 0 Å². The Bertz CT molecular complexity index is 1270. The average molecular weight is 473 g/mol. The fourth-order valence-electron chi connectivity index (χ4n) is 3.94. The number of rotatable bonds is 9. The number of methoxy groups -OCH3 is 1. The van der Waals surface area contributed by atoms with Crippen molar-refractivity contribution >= 4 is 27.9 Å². The second-order valence-corrected chi connectivity index (χ2v) is 9.45. The molecule has 0 saturated heterocycles. The van der Waals surface area contributed by atoms with Gasteiger partial charge >= 0.3 is 5.97 Å². The lowest BCUT2D eigenvalue weighted by Crippen LogP contribution is -2.08. The molecule has 0 aliphatic rings. The monoisotopic (exact) mass is 472 g/mol. The summed E-state index contributed by atoms with van der Waals surface area (Å²) in [5.74, 6) is 0.978.